The van der Waals surface area contributed by atoms with Gasteiger partial charge in [-0.05, 0) is 38.0 Å². The van der Waals surface area contributed by atoms with Crippen LogP contribution in [0.1, 0.15) is 30.1 Å². The molecule has 2 rings (SSSR count). The third-order valence-electron chi connectivity index (χ3n) is 2.97. The van der Waals surface area contributed by atoms with Gasteiger partial charge in [-0.15, -0.1) is 0 Å². The third kappa shape index (κ3) is 3.93. The summed E-state index contributed by atoms with van der Waals surface area (Å²) >= 11 is 0. The SMILES string of the molecule is CC(=O)c1cc(NC(=O)C2CC2)cc(S(F)(F)(F)(F)F)c1. The molecule has 1 saturated carbocycles. The maximum Gasteiger partial charge on any atom is 0.310 e. The van der Waals surface area contributed by atoms with Gasteiger partial charge in [0.05, 0.1) is 0 Å². The second-order valence-electron chi connectivity index (χ2n) is 5.03. The van der Waals surface area contributed by atoms with Gasteiger partial charge >= 0.3 is 10.2 Å². The number of ketones is 1. The van der Waals surface area contributed by atoms with Crippen LogP contribution in [-0.4, -0.2) is 11.7 Å². The van der Waals surface area contributed by atoms with E-state index in [-0.39, 0.29) is 18.1 Å². The molecule has 1 fully saturated rings. The average Bonchev–Trinajstić information content (AvgIpc) is 3.08. The van der Waals surface area contributed by atoms with Crippen LogP contribution in [0.25, 0.3) is 0 Å². The van der Waals surface area contributed by atoms with Gasteiger partial charge in [-0.3, -0.25) is 9.59 Å². The van der Waals surface area contributed by atoms with Crippen LogP contribution in [0.3, 0.4) is 0 Å². The van der Waals surface area contributed by atoms with Crippen molar-refractivity contribution in [2.75, 3.05) is 5.32 Å². The van der Waals surface area contributed by atoms with Gasteiger partial charge in [0.2, 0.25) is 5.91 Å². The Morgan fingerprint density at radius 2 is 1.67 bits per heavy atom. The van der Waals surface area contributed by atoms with Crippen molar-refractivity contribution in [3.63, 3.8) is 0 Å². The Balaban J connectivity index is 2.49. The van der Waals surface area contributed by atoms with Crippen LogP contribution in [0.15, 0.2) is 23.1 Å². The molecule has 1 aliphatic rings. The fourth-order valence-electron chi connectivity index (χ4n) is 1.69. The highest BCUT2D eigenvalue weighted by molar-refractivity contribution is 8.45. The molecule has 0 spiro atoms. The van der Waals surface area contributed by atoms with Crippen molar-refractivity contribution in [3.8, 4) is 0 Å². The van der Waals surface area contributed by atoms with Crippen LogP contribution in [0.4, 0.5) is 25.1 Å². The molecule has 1 aliphatic carbocycles. The van der Waals surface area contributed by atoms with E-state index in [0.717, 1.165) is 13.0 Å². The van der Waals surface area contributed by atoms with Crippen molar-refractivity contribution < 1.29 is 29.0 Å². The molecule has 0 aliphatic heterocycles. The van der Waals surface area contributed by atoms with E-state index in [1.807, 2.05) is 0 Å². The zero-order chi connectivity index (χ0) is 16.1. The lowest BCUT2D eigenvalue weighted by Crippen LogP contribution is -2.15. The van der Waals surface area contributed by atoms with Gasteiger partial charge in [0.25, 0.3) is 0 Å². The summed E-state index contributed by atoms with van der Waals surface area (Å²) in [6, 6.07) is 1.22. The first-order valence-corrected chi connectivity index (χ1v) is 7.92. The molecule has 1 amide bonds. The van der Waals surface area contributed by atoms with E-state index < -0.39 is 38.1 Å². The molecule has 1 N–H and O–H groups in total. The molecule has 0 unspecified atom stereocenters. The normalized spacial score (nSPS) is 18.6. The standard InChI is InChI=1S/C12H12F5NO2S/c1-7(19)9-4-10(18-12(20)8-2-3-8)6-11(5-9)21(13,14,15,16)17/h4-6,8H,2-3H2,1H3,(H,18,20). The van der Waals surface area contributed by atoms with Crippen molar-refractivity contribution in [2.45, 2.75) is 24.7 Å². The quantitative estimate of drug-likeness (QED) is 0.631. The molecule has 1 aromatic carbocycles. The van der Waals surface area contributed by atoms with E-state index in [2.05, 4.69) is 5.32 Å². The van der Waals surface area contributed by atoms with Gasteiger partial charge < -0.3 is 5.32 Å². The van der Waals surface area contributed by atoms with Crippen molar-refractivity contribution >= 4 is 27.6 Å². The molecule has 0 atom stereocenters. The third-order valence-corrected chi connectivity index (χ3v) is 4.10. The molecule has 0 bridgehead atoms. The molecule has 0 aromatic heterocycles. The molecule has 21 heavy (non-hydrogen) atoms. The summed E-state index contributed by atoms with van der Waals surface area (Å²) in [5.74, 6) is -1.65. The molecule has 0 saturated heterocycles. The summed E-state index contributed by atoms with van der Waals surface area (Å²) in [5, 5.41) is 2.14. The highest BCUT2D eigenvalue weighted by Crippen LogP contribution is 3.02. The van der Waals surface area contributed by atoms with Crippen LogP contribution in [0.5, 0.6) is 0 Å². The monoisotopic (exact) mass is 329 g/mol. The smallest absolute Gasteiger partial charge is 0.310 e. The average molecular weight is 329 g/mol. The molecule has 0 radical (unpaired) electrons. The molecule has 118 valence electrons. The molecule has 1 aromatic rings. The summed E-state index contributed by atoms with van der Waals surface area (Å²) in [4.78, 5) is 20.5. The largest absolute Gasteiger partial charge is 0.326 e. The Morgan fingerprint density at radius 1 is 1.10 bits per heavy atom. The topological polar surface area (TPSA) is 46.2 Å². The Labute approximate surface area is 117 Å². The number of benzene rings is 1. The molecular weight excluding hydrogens is 317 g/mol. The molecule has 3 nitrogen and oxygen atoms in total. The number of amides is 1. The van der Waals surface area contributed by atoms with Crippen molar-refractivity contribution in [1.82, 2.24) is 0 Å². The van der Waals surface area contributed by atoms with Crippen LogP contribution < -0.4 is 5.32 Å². The first kappa shape index (κ1) is 15.7. The van der Waals surface area contributed by atoms with Crippen molar-refractivity contribution in [1.29, 1.82) is 0 Å². The van der Waals surface area contributed by atoms with E-state index in [0.29, 0.717) is 12.8 Å². The lowest BCUT2D eigenvalue weighted by molar-refractivity contribution is -0.117. The van der Waals surface area contributed by atoms with E-state index >= 15 is 0 Å². The summed E-state index contributed by atoms with van der Waals surface area (Å²) in [5.41, 5.74) is -0.991. The predicted molar refractivity (Wildman–Crippen MR) is 69.2 cm³/mol. The summed E-state index contributed by atoms with van der Waals surface area (Å²) in [6.07, 6.45) is 1.21. The van der Waals surface area contributed by atoms with Crippen LogP contribution >= 0.6 is 10.2 Å². The van der Waals surface area contributed by atoms with Gasteiger partial charge in [0.15, 0.2) is 5.78 Å². The zero-order valence-corrected chi connectivity index (χ0v) is 11.7. The van der Waals surface area contributed by atoms with Gasteiger partial charge in [0.1, 0.15) is 4.90 Å². The van der Waals surface area contributed by atoms with Gasteiger partial charge in [-0.2, -0.15) is 0 Å². The maximum atomic E-state index is 12.9. The molecule has 0 heterocycles. The minimum atomic E-state index is -9.92. The zero-order valence-electron chi connectivity index (χ0n) is 10.8. The second kappa shape index (κ2) is 3.96. The fraction of sp³-hybridized carbons (Fsp3) is 0.333. The first-order valence-electron chi connectivity index (χ1n) is 5.97. The number of carbonyl (C=O) groups is 2. The van der Waals surface area contributed by atoms with Crippen LogP contribution in [0, 0.1) is 5.92 Å². The fourth-order valence-corrected chi connectivity index (χ4v) is 2.39. The number of anilines is 1. The highest BCUT2D eigenvalue weighted by Gasteiger charge is 2.65. The van der Waals surface area contributed by atoms with Crippen molar-refractivity contribution in [2.24, 2.45) is 5.92 Å². The maximum absolute atomic E-state index is 12.9. The Hall–Kier alpha value is -1.64. The lowest BCUT2D eigenvalue weighted by atomic mass is 10.1. The number of halogens is 5. The number of nitrogens with one attached hydrogen (secondary N) is 1. The summed E-state index contributed by atoms with van der Waals surface area (Å²) in [7, 11) is -9.92. The minimum absolute atomic E-state index is 0.108. The first-order chi connectivity index (χ1) is 9.26. The number of carbonyl (C=O) groups excluding carboxylic acids is 2. The highest BCUT2D eigenvalue weighted by atomic mass is 32.5. The predicted octanol–water partition coefficient (Wildman–Crippen LogP) is 4.90. The van der Waals surface area contributed by atoms with E-state index in [9.17, 15) is 29.0 Å². The van der Waals surface area contributed by atoms with Gasteiger partial charge in [0, 0.05) is 17.2 Å². The molecular formula is C12H12F5NO2S. The van der Waals surface area contributed by atoms with Crippen LogP contribution in [-0.2, 0) is 4.79 Å². The number of rotatable bonds is 4. The van der Waals surface area contributed by atoms with E-state index in [4.69, 9.17) is 0 Å². The van der Waals surface area contributed by atoms with E-state index in [1.54, 1.807) is 0 Å². The summed E-state index contributed by atoms with van der Waals surface area (Å²) < 4.78 is 64.3. The minimum Gasteiger partial charge on any atom is -0.326 e. The second-order valence-corrected chi connectivity index (χ2v) is 7.44. The van der Waals surface area contributed by atoms with E-state index in [1.165, 1.54) is 0 Å². The molecule has 9 heteroatoms. The number of hydrogen-bond acceptors (Lipinski definition) is 2. The Kier molecular flexibility index (Phi) is 2.97. The Morgan fingerprint density at radius 3 is 2.10 bits per heavy atom. The lowest BCUT2D eigenvalue weighted by Gasteiger charge is -2.40. The Bertz CT molecular complexity index is 637. The van der Waals surface area contributed by atoms with Gasteiger partial charge in [-0.1, -0.05) is 19.4 Å². The van der Waals surface area contributed by atoms with Crippen LogP contribution in [0.2, 0.25) is 0 Å². The number of hydrogen-bond donors (Lipinski definition) is 1. The van der Waals surface area contributed by atoms with Gasteiger partial charge in [-0.25, -0.2) is 0 Å². The van der Waals surface area contributed by atoms with Crippen molar-refractivity contribution in [3.05, 3.63) is 23.8 Å². The number of Topliss-reactive ketones (excluding diaryl/α,β-unsaturated/α-hetero) is 1. The summed E-state index contributed by atoms with van der Waals surface area (Å²) in [6.45, 7) is 0.955.